The van der Waals surface area contributed by atoms with Crippen LogP contribution in [0.4, 0.5) is 11.6 Å². The van der Waals surface area contributed by atoms with Crippen molar-refractivity contribution in [2.24, 2.45) is 0 Å². The average Bonchev–Trinajstić information content (AvgIpc) is 3.17. The molecule has 3 N–H and O–H groups in total. The van der Waals surface area contributed by atoms with Gasteiger partial charge in [-0.25, -0.2) is 9.97 Å². The molecular formula is C14H24N4O. The first-order valence-corrected chi connectivity index (χ1v) is 7.07. The van der Waals surface area contributed by atoms with Gasteiger partial charge in [0, 0.05) is 25.1 Å². The second kappa shape index (κ2) is 5.74. The third-order valence-electron chi connectivity index (χ3n) is 2.94. The molecule has 1 aromatic heterocycles. The summed E-state index contributed by atoms with van der Waals surface area (Å²) < 4.78 is 0. The highest BCUT2D eigenvalue weighted by molar-refractivity contribution is 5.48. The van der Waals surface area contributed by atoms with Gasteiger partial charge in [0.1, 0.15) is 17.5 Å². The van der Waals surface area contributed by atoms with Crippen LogP contribution in [0.15, 0.2) is 6.07 Å². The quantitative estimate of drug-likeness (QED) is 0.705. The predicted octanol–water partition coefficient (Wildman–Crippen LogP) is 2.36. The number of nitrogens with zero attached hydrogens (tertiary/aromatic N) is 2. The van der Waals surface area contributed by atoms with Crippen molar-refractivity contribution in [2.45, 2.75) is 51.6 Å². The second-order valence-electron chi connectivity index (χ2n) is 5.86. The zero-order valence-electron chi connectivity index (χ0n) is 12.0. The van der Waals surface area contributed by atoms with E-state index in [1.165, 1.54) is 12.8 Å². The molecule has 0 spiro atoms. The fourth-order valence-electron chi connectivity index (χ4n) is 1.73. The van der Waals surface area contributed by atoms with Crippen LogP contribution < -0.4 is 10.6 Å². The van der Waals surface area contributed by atoms with Crippen LogP contribution in [0.5, 0.6) is 0 Å². The minimum atomic E-state index is -0.748. The Bertz CT molecular complexity index is 424. The van der Waals surface area contributed by atoms with E-state index in [2.05, 4.69) is 27.5 Å². The summed E-state index contributed by atoms with van der Waals surface area (Å²) in [5, 5.41) is 16.2. The zero-order chi connectivity index (χ0) is 13.9. The number of rotatable bonds is 7. The van der Waals surface area contributed by atoms with E-state index >= 15 is 0 Å². The maximum atomic E-state index is 9.76. The molecular weight excluding hydrogens is 240 g/mol. The first-order valence-electron chi connectivity index (χ1n) is 7.07. The standard InChI is InChI=1S/C14H24N4O/c1-4-7-15-11-8-12(16-9-14(2,3)19)18-13(17-11)10-5-6-10/h8,10,19H,4-7,9H2,1-3H3,(H2,15,16,17,18). The molecule has 1 aliphatic rings. The fourth-order valence-corrected chi connectivity index (χ4v) is 1.73. The molecule has 0 saturated heterocycles. The minimum Gasteiger partial charge on any atom is -0.389 e. The maximum Gasteiger partial charge on any atom is 0.136 e. The van der Waals surface area contributed by atoms with E-state index in [1.54, 1.807) is 13.8 Å². The van der Waals surface area contributed by atoms with Crippen LogP contribution in [0.2, 0.25) is 0 Å². The van der Waals surface area contributed by atoms with Gasteiger partial charge in [-0.1, -0.05) is 6.92 Å². The van der Waals surface area contributed by atoms with Crippen molar-refractivity contribution in [1.29, 1.82) is 0 Å². The van der Waals surface area contributed by atoms with Crippen molar-refractivity contribution < 1.29 is 5.11 Å². The molecule has 19 heavy (non-hydrogen) atoms. The van der Waals surface area contributed by atoms with Crippen LogP contribution in [0, 0.1) is 0 Å². The summed E-state index contributed by atoms with van der Waals surface area (Å²) in [4.78, 5) is 9.09. The van der Waals surface area contributed by atoms with Crippen LogP contribution in [0.3, 0.4) is 0 Å². The Morgan fingerprint density at radius 1 is 1.26 bits per heavy atom. The summed E-state index contributed by atoms with van der Waals surface area (Å²) in [6.45, 7) is 7.06. The molecule has 5 heteroatoms. The van der Waals surface area contributed by atoms with Crippen molar-refractivity contribution in [2.75, 3.05) is 23.7 Å². The summed E-state index contributed by atoms with van der Waals surface area (Å²) in [6, 6.07) is 1.91. The molecule has 0 unspecified atom stereocenters. The first-order chi connectivity index (χ1) is 8.98. The lowest BCUT2D eigenvalue weighted by molar-refractivity contribution is 0.0944. The normalized spacial score (nSPS) is 15.4. The molecule has 0 bridgehead atoms. The third-order valence-corrected chi connectivity index (χ3v) is 2.94. The van der Waals surface area contributed by atoms with Crippen molar-refractivity contribution in [3.63, 3.8) is 0 Å². The van der Waals surface area contributed by atoms with Gasteiger partial charge in [-0.2, -0.15) is 0 Å². The predicted molar refractivity (Wildman–Crippen MR) is 77.6 cm³/mol. The largest absolute Gasteiger partial charge is 0.389 e. The third kappa shape index (κ3) is 4.67. The zero-order valence-corrected chi connectivity index (χ0v) is 12.0. The molecule has 5 nitrogen and oxygen atoms in total. The lowest BCUT2D eigenvalue weighted by Crippen LogP contribution is -2.29. The number of nitrogens with one attached hydrogen (secondary N) is 2. The van der Waals surface area contributed by atoms with Gasteiger partial charge in [-0.3, -0.25) is 0 Å². The van der Waals surface area contributed by atoms with Gasteiger partial charge in [-0.05, 0) is 33.1 Å². The van der Waals surface area contributed by atoms with Crippen molar-refractivity contribution in [1.82, 2.24) is 9.97 Å². The van der Waals surface area contributed by atoms with E-state index in [9.17, 15) is 5.11 Å². The fraction of sp³-hybridized carbons (Fsp3) is 0.714. The van der Waals surface area contributed by atoms with E-state index < -0.39 is 5.60 Å². The summed E-state index contributed by atoms with van der Waals surface area (Å²) in [7, 11) is 0. The average molecular weight is 264 g/mol. The van der Waals surface area contributed by atoms with E-state index in [0.29, 0.717) is 12.5 Å². The number of hydrogen-bond acceptors (Lipinski definition) is 5. The molecule has 1 aliphatic carbocycles. The Balaban J connectivity index is 2.09. The number of aliphatic hydroxyl groups is 1. The molecule has 0 radical (unpaired) electrons. The van der Waals surface area contributed by atoms with Crippen molar-refractivity contribution in [3.05, 3.63) is 11.9 Å². The Labute approximate surface area is 114 Å². The van der Waals surface area contributed by atoms with E-state index in [-0.39, 0.29) is 0 Å². The molecule has 0 aromatic carbocycles. The van der Waals surface area contributed by atoms with Gasteiger partial charge in [0.2, 0.25) is 0 Å². The van der Waals surface area contributed by atoms with E-state index in [4.69, 9.17) is 0 Å². The Hall–Kier alpha value is -1.36. The van der Waals surface area contributed by atoms with Gasteiger partial charge in [0.25, 0.3) is 0 Å². The Morgan fingerprint density at radius 3 is 2.42 bits per heavy atom. The number of anilines is 2. The maximum absolute atomic E-state index is 9.76. The second-order valence-corrected chi connectivity index (χ2v) is 5.86. The molecule has 1 saturated carbocycles. The molecule has 0 atom stereocenters. The molecule has 1 fully saturated rings. The highest BCUT2D eigenvalue weighted by Crippen LogP contribution is 2.38. The van der Waals surface area contributed by atoms with Gasteiger partial charge in [0.15, 0.2) is 0 Å². The summed E-state index contributed by atoms with van der Waals surface area (Å²) >= 11 is 0. The molecule has 0 aliphatic heterocycles. The van der Waals surface area contributed by atoms with Gasteiger partial charge >= 0.3 is 0 Å². The van der Waals surface area contributed by atoms with Gasteiger partial charge in [0.05, 0.1) is 5.60 Å². The summed E-state index contributed by atoms with van der Waals surface area (Å²) in [5.74, 6) is 3.10. The van der Waals surface area contributed by atoms with Crippen LogP contribution in [-0.2, 0) is 0 Å². The van der Waals surface area contributed by atoms with Crippen molar-refractivity contribution >= 4 is 11.6 Å². The molecule has 0 amide bonds. The molecule has 1 aromatic rings. The Morgan fingerprint density at radius 2 is 1.89 bits per heavy atom. The SMILES string of the molecule is CCCNc1cc(NCC(C)(C)O)nc(C2CC2)n1. The van der Waals surface area contributed by atoms with E-state index in [1.807, 2.05) is 6.07 Å². The highest BCUT2D eigenvalue weighted by atomic mass is 16.3. The Kier molecular flexibility index (Phi) is 4.24. The van der Waals surface area contributed by atoms with Crippen LogP contribution in [0.1, 0.15) is 51.8 Å². The monoisotopic (exact) mass is 264 g/mol. The first kappa shape index (κ1) is 14.1. The number of hydrogen-bond donors (Lipinski definition) is 3. The van der Waals surface area contributed by atoms with Crippen LogP contribution in [-0.4, -0.2) is 33.8 Å². The highest BCUT2D eigenvalue weighted by Gasteiger charge is 2.27. The van der Waals surface area contributed by atoms with Crippen molar-refractivity contribution in [3.8, 4) is 0 Å². The molecule has 106 valence electrons. The van der Waals surface area contributed by atoms with Crippen LogP contribution >= 0.6 is 0 Å². The smallest absolute Gasteiger partial charge is 0.136 e. The van der Waals surface area contributed by atoms with E-state index in [0.717, 1.165) is 30.4 Å². The molecule has 2 rings (SSSR count). The van der Waals surface area contributed by atoms with Gasteiger partial charge in [-0.15, -0.1) is 0 Å². The number of aromatic nitrogens is 2. The lowest BCUT2D eigenvalue weighted by atomic mass is 10.1. The van der Waals surface area contributed by atoms with Crippen LogP contribution in [0.25, 0.3) is 0 Å². The summed E-state index contributed by atoms with van der Waals surface area (Å²) in [5.41, 5.74) is -0.748. The summed E-state index contributed by atoms with van der Waals surface area (Å²) in [6.07, 6.45) is 3.43. The minimum absolute atomic E-state index is 0.474. The molecule has 1 heterocycles. The topological polar surface area (TPSA) is 70.1 Å². The lowest BCUT2D eigenvalue weighted by Gasteiger charge is -2.18. The van der Waals surface area contributed by atoms with Gasteiger partial charge < -0.3 is 15.7 Å².